The Balaban J connectivity index is 0.000000177. The minimum atomic E-state index is -1.06. The molecule has 5 aromatic rings. The number of nitrogens with one attached hydrogen (secondary N) is 6. The third-order valence-corrected chi connectivity index (χ3v) is 21.8. The molecule has 29 heteroatoms. The van der Waals surface area contributed by atoms with Crippen molar-refractivity contribution in [2.45, 2.75) is 282 Å². The summed E-state index contributed by atoms with van der Waals surface area (Å²) in [6.45, 7) is 11.7. The van der Waals surface area contributed by atoms with Crippen LogP contribution in [0.4, 0.5) is 37.5 Å². The second kappa shape index (κ2) is 48.2. The second-order valence-electron chi connectivity index (χ2n) is 31.5. The summed E-state index contributed by atoms with van der Waals surface area (Å²) in [5, 5.41) is 15.3. The number of Topliss-reactive ketones (excluding diaryl/α,β-unsaturated/α-hetero) is 6. The van der Waals surface area contributed by atoms with Gasteiger partial charge in [-0.2, -0.15) is 0 Å². The predicted octanol–water partition coefficient (Wildman–Crippen LogP) is 15.2. The molecule has 1 heterocycles. The van der Waals surface area contributed by atoms with E-state index in [9.17, 15) is 66.3 Å². The first-order valence-corrected chi connectivity index (χ1v) is 41.6. The first kappa shape index (κ1) is 92.8. The number of amides is 6. The van der Waals surface area contributed by atoms with E-state index in [0.717, 1.165) is 118 Å². The van der Waals surface area contributed by atoms with Crippen molar-refractivity contribution < 1.29 is 99.5 Å². The van der Waals surface area contributed by atoms with Crippen LogP contribution in [0.1, 0.15) is 229 Å². The van der Waals surface area contributed by atoms with Crippen LogP contribution in [0.2, 0.25) is 0 Å². The molecule has 27 nitrogen and oxygen atoms in total. The van der Waals surface area contributed by atoms with Gasteiger partial charge in [0.05, 0.1) is 56.1 Å². The van der Waals surface area contributed by atoms with Gasteiger partial charge in [-0.25, -0.2) is 47.5 Å². The fraction of sp³-hybridized carbons (Fsp3) is 0.551. The van der Waals surface area contributed by atoms with Crippen LogP contribution in [0.5, 0.6) is 5.75 Å². The minimum Gasteiger partial charge on any atom is -0.494 e. The monoisotopic (exact) mass is 1640 g/mol. The summed E-state index contributed by atoms with van der Waals surface area (Å²) in [6.07, 6.45) is 20.5. The Morgan fingerprint density at radius 1 is 0.381 bits per heavy atom. The number of halogens is 2. The molecule has 0 spiro atoms. The van der Waals surface area contributed by atoms with Gasteiger partial charge in [0.25, 0.3) is 0 Å². The molecule has 8 saturated carbocycles. The molecular weight excluding hydrogens is 1520 g/mol. The molecular formula is C89H116F2N8O19. The number of carbonyl (C=O) groups excluding carboxylic acids is 12. The van der Waals surface area contributed by atoms with E-state index in [1.54, 1.807) is 26.2 Å². The van der Waals surface area contributed by atoms with E-state index in [4.69, 9.17) is 33.2 Å². The van der Waals surface area contributed by atoms with Gasteiger partial charge in [0.1, 0.15) is 43.5 Å². The van der Waals surface area contributed by atoms with Gasteiger partial charge in [0.15, 0.2) is 40.5 Å². The Morgan fingerprint density at radius 2 is 0.720 bits per heavy atom. The van der Waals surface area contributed by atoms with E-state index in [1.807, 2.05) is 97.9 Å². The summed E-state index contributed by atoms with van der Waals surface area (Å²) in [6, 6.07) is 30.9. The Morgan fingerprint density at radius 3 is 1.07 bits per heavy atom. The van der Waals surface area contributed by atoms with Gasteiger partial charge in [-0.3, -0.25) is 28.8 Å². The van der Waals surface area contributed by atoms with Gasteiger partial charge in [-0.15, -0.1) is 0 Å². The highest BCUT2D eigenvalue weighted by Gasteiger charge is 2.36. The number of nitrogens with zero attached hydrogens (tertiary/aromatic N) is 2. The van der Waals surface area contributed by atoms with Gasteiger partial charge in [-0.1, -0.05) is 125 Å². The Kier molecular flexibility index (Phi) is 37.9. The summed E-state index contributed by atoms with van der Waals surface area (Å²) in [5.74, 6) is 2.73. The Bertz CT molecular complexity index is 4080. The third-order valence-electron chi connectivity index (χ3n) is 21.8. The highest BCUT2D eigenvalue weighted by atomic mass is 19.1. The van der Waals surface area contributed by atoms with Crippen molar-refractivity contribution in [3.8, 4) is 17.1 Å². The molecule has 8 aliphatic rings. The van der Waals surface area contributed by atoms with Crippen LogP contribution in [0, 0.1) is 11.8 Å². The van der Waals surface area contributed by atoms with Crippen molar-refractivity contribution >= 4 is 71.3 Å². The van der Waals surface area contributed by atoms with Gasteiger partial charge in [0, 0.05) is 62.0 Å². The van der Waals surface area contributed by atoms with Crippen LogP contribution < -0.4 is 36.6 Å². The lowest BCUT2D eigenvalue weighted by molar-refractivity contribution is -0.127. The van der Waals surface area contributed by atoms with E-state index in [2.05, 4.69) is 67.8 Å². The van der Waals surface area contributed by atoms with Crippen LogP contribution in [-0.4, -0.2) is 149 Å². The molecule has 4 aromatic carbocycles. The number of alkyl carbamates (subject to hydrolysis) is 6. The minimum absolute atomic E-state index is 0.0486. The second-order valence-corrected chi connectivity index (χ2v) is 31.5. The zero-order valence-electron chi connectivity index (χ0n) is 68.5. The standard InChI is InChI=1S/C16H26FNO3.C16H15N3O3.C15H19NO4.C15H19NO3.C14H17NO3.C13H20FNO3/c1-16(17)9-7-12(8-10-16)4-2-3-11-21-15(20)18-13-5-6-14(13)19;20-14-7-6-13(14)19-16(21)22-10-11-8-17-15(18-9-11)12-4-2-1-3-5-12;1-2-9-19-12-5-3-11(4-6-12)10-20-15(18)16-13-7-8-14(13)17;1-2-3-11-4-6-12(7-5-11)10-19-15(18)16-13-8-9-14(13)17;1-2-10-3-5-11(6-4-10)9-18-14(17)15-12-7-8-13(12)16;1-13(14)6-4-9(5-7-13)8-18-12(17)15-10-2-3-11(10)16/h12-13H,2-11H2,1H3,(H,18,20);1-5,8-9,13H,6-7,10H2,(H,19,21);3-6,13H,2,7-10H2,1H3,(H,16,18);4-7,13H,2-3,8-10H2,1H3,(H,16,18);3-6,12H,2,7-9H2,1H3,(H,15,17);9-10H,2-8H2,1H3,(H,15,17)/t12?,13-,16?;3*13-;12-;9?,10-,13?/m000000/s1. The number of ether oxygens (including phenoxy) is 7. The molecule has 8 fully saturated rings. The molecule has 640 valence electrons. The molecule has 13 rings (SSSR count). The number of hydrogen-bond acceptors (Lipinski definition) is 21. The van der Waals surface area contributed by atoms with Crippen molar-refractivity contribution in [2.24, 2.45) is 11.8 Å². The smallest absolute Gasteiger partial charge is 0.408 e. The highest BCUT2D eigenvalue weighted by molar-refractivity contribution is 5.95. The highest BCUT2D eigenvalue weighted by Crippen LogP contribution is 2.37. The van der Waals surface area contributed by atoms with Crippen LogP contribution in [0.25, 0.3) is 11.4 Å². The summed E-state index contributed by atoms with van der Waals surface area (Å²) in [5.41, 5.74) is 4.92. The van der Waals surface area contributed by atoms with E-state index in [0.29, 0.717) is 121 Å². The molecule has 0 saturated heterocycles. The number of aromatic nitrogens is 2. The summed E-state index contributed by atoms with van der Waals surface area (Å²) in [4.78, 5) is 144. The van der Waals surface area contributed by atoms with Crippen LogP contribution in [0.3, 0.4) is 0 Å². The lowest BCUT2D eigenvalue weighted by Gasteiger charge is -2.31. The van der Waals surface area contributed by atoms with Gasteiger partial charge in [-0.05, 0) is 188 Å². The van der Waals surface area contributed by atoms with Crippen LogP contribution >= 0.6 is 0 Å². The van der Waals surface area contributed by atoms with E-state index in [1.165, 1.54) is 11.1 Å². The average molecular weight is 1640 g/mol. The molecule has 1 aromatic heterocycles. The average Bonchev–Trinajstić information content (AvgIpc) is 0.869. The first-order valence-electron chi connectivity index (χ1n) is 41.6. The molecule has 0 bridgehead atoms. The number of aryl methyl sites for hydroxylation is 2. The first-order chi connectivity index (χ1) is 56.7. The summed E-state index contributed by atoms with van der Waals surface area (Å²) in [7, 11) is 0. The number of rotatable bonds is 28. The zero-order chi connectivity index (χ0) is 84.8. The number of ketones is 6. The Hall–Kier alpha value is -10.7. The molecule has 8 aliphatic carbocycles. The lowest BCUT2D eigenvalue weighted by Crippen LogP contribution is -2.47. The quantitative estimate of drug-likeness (QED) is 0.0200. The topological polar surface area (TPSA) is 367 Å². The van der Waals surface area contributed by atoms with E-state index >= 15 is 0 Å². The number of unbranched alkanes of at least 4 members (excludes halogenated alkanes) is 1. The fourth-order valence-electron chi connectivity index (χ4n) is 13.0. The van der Waals surface area contributed by atoms with Crippen molar-refractivity contribution in [1.82, 2.24) is 41.9 Å². The molecule has 0 radical (unpaired) electrons. The van der Waals surface area contributed by atoms with Crippen molar-refractivity contribution in [3.63, 3.8) is 0 Å². The van der Waals surface area contributed by atoms with Gasteiger partial charge >= 0.3 is 36.6 Å². The van der Waals surface area contributed by atoms with Crippen molar-refractivity contribution in [2.75, 3.05) is 19.8 Å². The number of alkyl halides is 2. The number of carbonyl (C=O) groups is 12. The molecule has 0 aliphatic heterocycles. The largest absolute Gasteiger partial charge is 0.494 e. The van der Waals surface area contributed by atoms with Crippen molar-refractivity contribution in [3.05, 3.63) is 149 Å². The molecule has 118 heavy (non-hydrogen) atoms. The van der Waals surface area contributed by atoms with Crippen molar-refractivity contribution in [1.29, 1.82) is 0 Å². The molecule has 6 amide bonds. The fourth-order valence-corrected chi connectivity index (χ4v) is 13.0. The maximum atomic E-state index is 13.7. The Labute approximate surface area is 689 Å². The molecule has 0 unspecified atom stereocenters. The predicted molar refractivity (Wildman–Crippen MR) is 433 cm³/mol. The van der Waals surface area contributed by atoms with Gasteiger partial charge in [0.2, 0.25) is 0 Å². The maximum absolute atomic E-state index is 13.7. The number of hydrogen-bond donors (Lipinski definition) is 6. The SMILES string of the molecule is CC1(F)CCC(CCCCOC(=O)N[C@H]2CCC2=O)CC1.CC1(F)CCC(COC(=O)N[C@H]2CCC2=O)CC1.CCCOc1ccc(COC(=O)N[C@H]2CCC2=O)cc1.CCCc1ccc(COC(=O)N[C@H]2CCC2=O)cc1.CCc1ccc(COC(=O)N[C@H]2CCC2=O)cc1.O=C(N[C@H]1CCC1=O)OCc1cnc(-c2ccccc2)nc1. The maximum Gasteiger partial charge on any atom is 0.408 e. The molecule has 6 N–H and O–H groups in total. The summed E-state index contributed by atoms with van der Waals surface area (Å²) >= 11 is 0. The normalized spacial score (nSPS) is 22.9. The number of benzene rings is 4. The van der Waals surface area contributed by atoms with Crippen LogP contribution in [-0.2, 0) is 96.5 Å². The van der Waals surface area contributed by atoms with E-state index in [-0.39, 0.29) is 103 Å². The zero-order valence-corrected chi connectivity index (χ0v) is 68.5. The third kappa shape index (κ3) is 33.3. The molecule has 6 atom stereocenters. The lowest BCUT2D eigenvalue weighted by atomic mass is 9.79. The van der Waals surface area contributed by atoms with Gasteiger partial charge < -0.3 is 65.1 Å². The van der Waals surface area contributed by atoms with E-state index < -0.39 is 47.9 Å². The van der Waals surface area contributed by atoms with Crippen LogP contribution in [0.15, 0.2) is 116 Å². The summed E-state index contributed by atoms with van der Waals surface area (Å²) < 4.78 is 63.1.